The number of nitrogens with one attached hydrogen (secondary N) is 2. The highest BCUT2D eigenvalue weighted by Crippen LogP contribution is 2.25. The molecule has 0 radical (unpaired) electrons. The number of hydrogen-bond donors (Lipinski definition) is 2. The smallest absolute Gasteiger partial charge is 0.259 e. The van der Waals surface area contributed by atoms with Gasteiger partial charge in [-0.05, 0) is 19.4 Å². The number of aromatic amines is 1. The van der Waals surface area contributed by atoms with E-state index in [-0.39, 0.29) is 5.56 Å². The minimum absolute atomic E-state index is 0.0740. The lowest BCUT2D eigenvalue weighted by molar-refractivity contribution is 0.408. The Labute approximate surface area is 118 Å². The quantitative estimate of drug-likeness (QED) is 0.766. The van der Waals surface area contributed by atoms with E-state index in [1.807, 2.05) is 13.8 Å². The van der Waals surface area contributed by atoms with Crippen molar-refractivity contribution < 1.29 is 4.52 Å². The fraction of sp³-hybridized carbons (Fsp3) is 0.308. The predicted molar refractivity (Wildman–Crippen MR) is 76.8 cm³/mol. The Morgan fingerprint density at radius 3 is 3.00 bits per heavy atom. The van der Waals surface area contributed by atoms with Gasteiger partial charge in [-0.3, -0.25) is 4.79 Å². The van der Waals surface area contributed by atoms with Crippen LogP contribution in [0, 0.1) is 13.8 Å². The Bertz CT molecular complexity index is 789. The van der Waals surface area contributed by atoms with Crippen molar-refractivity contribution in [1.29, 1.82) is 0 Å². The van der Waals surface area contributed by atoms with E-state index in [2.05, 4.69) is 20.4 Å². The van der Waals surface area contributed by atoms with Crippen LogP contribution in [0.3, 0.4) is 0 Å². The Hall–Kier alpha value is -1.99. The molecule has 0 aliphatic carbocycles. The van der Waals surface area contributed by atoms with Crippen LogP contribution in [0.2, 0.25) is 0 Å². The molecule has 0 fully saturated rings. The van der Waals surface area contributed by atoms with E-state index in [1.54, 1.807) is 17.4 Å². The molecule has 2 N–H and O–H groups in total. The average molecular weight is 290 g/mol. The predicted octanol–water partition coefficient (Wildman–Crippen LogP) is 1.88. The second-order valence-corrected chi connectivity index (χ2v) is 5.77. The summed E-state index contributed by atoms with van der Waals surface area (Å²) in [5, 5.41) is 7.67. The number of H-pyrrole nitrogens is 1. The lowest BCUT2D eigenvalue weighted by Crippen LogP contribution is -2.19. The maximum Gasteiger partial charge on any atom is 0.259 e. The first kappa shape index (κ1) is 13.0. The Morgan fingerprint density at radius 1 is 1.40 bits per heavy atom. The first-order valence-corrected chi connectivity index (χ1v) is 7.05. The van der Waals surface area contributed by atoms with Crippen LogP contribution in [-0.2, 0) is 13.1 Å². The summed E-state index contributed by atoms with van der Waals surface area (Å²) in [6, 6.07) is 1.79. The highest BCUT2D eigenvalue weighted by molar-refractivity contribution is 7.18. The standard InChI is InChI=1S/C13H14N4O2S/c1-7-8(2)20-13-11(7)12(18)15-10(16-13)6-14-5-9-3-4-19-17-9/h3-4,14H,5-6H2,1-2H3,(H,15,16,18). The van der Waals surface area contributed by atoms with E-state index in [4.69, 9.17) is 4.52 Å². The Morgan fingerprint density at radius 2 is 2.25 bits per heavy atom. The summed E-state index contributed by atoms with van der Waals surface area (Å²) in [5.41, 5.74) is 1.76. The molecular weight excluding hydrogens is 276 g/mol. The molecule has 0 saturated carbocycles. The van der Waals surface area contributed by atoms with Gasteiger partial charge in [0.05, 0.1) is 17.6 Å². The number of rotatable bonds is 4. The highest BCUT2D eigenvalue weighted by Gasteiger charge is 2.11. The van der Waals surface area contributed by atoms with Gasteiger partial charge in [-0.15, -0.1) is 11.3 Å². The van der Waals surface area contributed by atoms with E-state index in [9.17, 15) is 4.79 Å². The highest BCUT2D eigenvalue weighted by atomic mass is 32.1. The van der Waals surface area contributed by atoms with Gasteiger partial charge in [-0.25, -0.2) is 4.98 Å². The molecule has 0 atom stereocenters. The van der Waals surface area contributed by atoms with Gasteiger partial charge < -0.3 is 14.8 Å². The van der Waals surface area contributed by atoms with E-state index in [0.29, 0.717) is 24.3 Å². The Kier molecular flexibility index (Phi) is 3.37. The number of nitrogens with zero attached hydrogens (tertiary/aromatic N) is 2. The molecule has 0 saturated heterocycles. The number of thiophene rings is 1. The van der Waals surface area contributed by atoms with Gasteiger partial charge in [0.1, 0.15) is 16.9 Å². The zero-order valence-electron chi connectivity index (χ0n) is 11.2. The minimum atomic E-state index is -0.0740. The van der Waals surface area contributed by atoms with Crippen LogP contribution in [0.5, 0.6) is 0 Å². The molecule has 7 heteroatoms. The van der Waals surface area contributed by atoms with Crippen molar-refractivity contribution in [3.05, 3.63) is 44.6 Å². The van der Waals surface area contributed by atoms with Gasteiger partial charge in [-0.2, -0.15) is 0 Å². The number of aryl methyl sites for hydroxylation is 2. The van der Waals surface area contributed by atoms with Gasteiger partial charge in [-0.1, -0.05) is 5.16 Å². The third kappa shape index (κ3) is 2.37. The average Bonchev–Trinajstić information content (AvgIpc) is 2.99. The van der Waals surface area contributed by atoms with Crippen LogP contribution >= 0.6 is 11.3 Å². The van der Waals surface area contributed by atoms with Crippen molar-refractivity contribution in [3.63, 3.8) is 0 Å². The molecule has 0 aliphatic heterocycles. The second-order valence-electron chi connectivity index (χ2n) is 4.57. The third-order valence-electron chi connectivity index (χ3n) is 3.18. The molecule has 3 heterocycles. The molecule has 0 bridgehead atoms. The molecular formula is C13H14N4O2S. The van der Waals surface area contributed by atoms with Crippen LogP contribution in [0.25, 0.3) is 10.2 Å². The van der Waals surface area contributed by atoms with Gasteiger partial charge in [0.2, 0.25) is 0 Å². The third-order valence-corrected chi connectivity index (χ3v) is 4.28. The molecule has 104 valence electrons. The summed E-state index contributed by atoms with van der Waals surface area (Å²) in [5.74, 6) is 0.632. The van der Waals surface area contributed by atoms with Crippen LogP contribution < -0.4 is 10.9 Å². The topological polar surface area (TPSA) is 83.8 Å². The molecule has 0 spiro atoms. The normalized spacial score (nSPS) is 11.3. The molecule has 20 heavy (non-hydrogen) atoms. The van der Waals surface area contributed by atoms with Gasteiger partial charge in [0, 0.05) is 17.5 Å². The van der Waals surface area contributed by atoms with Crippen LogP contribution in [-0.4, -0.2) is 15.1 Å². The summed E-state index contributed by atoms with van der Waals surface area (Å²) in [6.07, 6.45) is 1.53. The molecule has 3 aromatic heterocycles. The van der Waals surface area contributed by atoms with Gasteiger partial charge in [0.15, 0.2) is 0 Å². The summed E-state index contributed by atoms with van der Waals surface area (Å²) in [4.78, 5) is 21.3. The fourth-order valence-electron chi connectivity index (χ4n) is 2.02. The minimum Gasteiger partial charge on any atom is -0.364 e. The molecule has 0 amide bonds. The van der Waals surface area contributed by atoms with Crippen molar-refractivity contribution in [2.24, 2.45) is 0 Å². The number of aromatic nitrogens is 3. The maximum absolute atomic E-state index is 12.1. The van der Waals surface area contributed by atoms with Crippen molar-refractivity contribution >= 4 is 21.6 Å². The van der Waals surface area contributed by atoms with E-state index >= 15 is 0 Å². The van der Waals surface area contributed by atoms with E-state index in [0.717, 1.165) is 21.0 Å². The molecule has 6 nitrogen and oxygen atoms in total. The lowest BCUT2D eigenvalue weighted by Gasteiger charge is -2.02. The monoisotopic (exact) mass is 290 g/mol. The van der Waals surface area contributed by atoms with Crippen LogP contribution in [0.1, 0.15) is 22.0 Å². The van der Waals surface area contributed by atoms with Gasteiger partial charge >= 0.3 is 0 Å². The van der Waals surface area contributed by atoms with Crippen LogP contribution in [0.4, 0.5) is 0 Å². The lowest BCUT2D eigenvalue weighted by atomic mass is 10.2. The zero-order chi connectivity index (χ0) is 14.1. The van der Waals surface area contributed by atoms with Crippen molar-refractivity contribution in [2.45, 2.75) is 26.9 Å². The number of hydrogen-bond acceptors (Lipinski definition) is 6. The maximum atomic E-state index is 12.1. The van der Waals surface area contributed by atoms with Crippen LogP contribution in [0.15, 0.2) is 21.6 Å². The summed E-state index contributed by atoms with van der Waals surface area (Å²) < 4.78 is 4.75. The van der Waals surface area contributed by atoms with E-state index in [1.165, 1.54) is 6.26 Å². The molecule has 0 aliphatic rings. The van der Waals surface area contributed by atoms with E-state index < -0.39 is 0 Å². The molecule has 0 aromatic carbocycles. The first-order valence-electron chi connectivity index (χ1n) is 6.24. The second kappa shape index (κ2) is 5.18. The Balaban J connectivity index is 1.80. The molecule has 0 unspecified atom stereocenters. The van der Waals surface area contributed by atoms with Crippen molar-refractivity contribution in [2.75, 3.05) is 0 Å². The summed E-state index contributed by atoms with van der Waals surface area (Å²) in [7, 11) is 0. The summed E-state index contributed by atoms with van der Waals surface area (Å²) in [6.45, 7) is 5.01. The van der Waals surface area contributed by atoms with Gasteiger partial charge in [0.25, 0.3) is 5.56 Å². The SMILES string of the molecule is Cc1sc2nc(CNCc3ccon3)[nH]c(=O)c2c1C. The van der Waals surface area contributed by atoms with Crippen molar-refractivity contribution in [3.8, 4) is 0 Å². The largest absolute Gasteiger partial charge is 0.364 e. The number of fused-ring (bicyclic) bond motifs is 1. The molecule has 3 rings (SSSR count). The van der Waals surface area contributed by atoms with Crippen molar-refractivity contribution in [1.82, 2.24) is 20.4 Å². The summed E-state index contributed by atoms with van der Waals surface area (Å²) >= 11 is 1.55. The molecule has 3 aromatic rings. The zero-order valence-corrected chi connectivity index (χ0v) is 12.0. The first-order chi connectivity index (χ1) is 9.65. The fourth-order valence-corrected chi connectivity index (χ4v) is 3.07.